The van der Waals surface area contributed by atoms with Crippen molar-refractivity contribution in [1.82, 2.24) is 24.3 Å². The maximum Gasteiger partial charge on any atom is 0.173 e. The van der Waals surface area contributed by atoms with Crippen molar-refractivity contribution in [2.45, 2.75) is 25.2 Å². The Hall–Kier alpha value is -2.76. The van der Waals surface area contributed by atoms with Gasteiger partial charge in [0.15, 0.2) is 11.5 Å². The van der Waals surface area contributed by atoms with Gasteiger partial charge in [0.05, 0.1) is 0 Å². The monoisotopic (exact) mass is 307 g/mol. The second-order valence-electron chi connectivity index (χ2n) is 6.06. The van der Waals surface area contributed by atoms with Gasteiger partial charge in [0.2, 0.25) is 0 Å². The van der Waals surface area contributed by atoms with E-state index in [4.69, 9.17) is 0 Å². The van der Waals surface area contributed by atoms with Crippen LogP contribution in [0.5, 0.6) is 0 Å². The van der Waals surface area contributed by atoms with Crippen LogP contribution in [0.25, 0.3) is 27.8 Å². The number of H-pyrrole nitrogens is 1. The number of rotatable bonds is 2. The molecule has 114 valence electrons. The zero-order chi connectivity index (χ0) is 15.4. The molecule has 0 aromatic carbocycles. The number of nitrogens with zero attached hydrogens (tertiary/aromatic N) is 4. The highest BCUT2D eigenvalue weighted by atomic mass is 19.1. The van der Waals surface area contributed by atoms with Gasteiger partial charge in [-0.3, -0.25) is 0 Å². The minimum Gasteiger partial charge on any atom is -0.345 e. The van der Waals surface area contributed by atoms with E-state index in [-0.39, 0.29) is 5.82 Å². The zero-order valence-corrected chi connectivity index (χ0v) is 12.3. The molecule has 0 bridgehead atoms. The lowest BCUT2D eigenvalue weighted by atomic mass is 9.85. The molecule has 0 aliphatic heterocycles. The van der Waals surface area contributed by atoms with Crippen molar-refractivity contribution in [3.05, 3.63) is 48.7 Å². The van der Waals surface area contributed by atoms with Gasteiger partial charge in [0, 0.05) is 53.4 Å². The fourth-order valence-corrected chi connectivity index (χ4v) is 3.16. The molecule has 4 aromatic rings. The highest BCUT2D eigenvalue weighted by molar-refractivity contribution is 5.93. The molecule has 1 fully saturated rings. The van der Waals surface area contributed by atoms with E-state index in [1.807, 2.05) is 18.6 Å². The van der Waals surface area contributed by atoms with Crippen molar-refractivity contribution in [3.8, 4) is 11.1 Å². The third-order valence-corrected chi connectivity index (χ3v) is 4.67. The van der Waals surface area contributed by atoms with E-state index in [2.05, 4.69) is 19.9 Å². The molecule has 0 spiro atoms. The maximum absolute atomic E-state index is 14.2. The van der Waals surface area contributed by atoms with Gasteiger partial charge >= 0.3 is 0 Å². The summed E-state index contributed by atoms with van der Waals surface area (Å²) >= 11 is 0. The van der Waals surface area contributed by atoms with Crippen LogP contribution in [0, 0.1) is 5.82 Å². The number of hydrogen-bond acceptors (Lipinski definition) is 3. The molecular formula is C17H14FN5. The Morgan fingerprint density at radius 1 is 1.26 bits per heavy atom. The molecule has 6 heteroatoms. The van der Waals surface area contributed by atoms with Gasteiger partial charge in [0.25, 0.3) is 0 Å². The smallest absolute Gasteiger partial charge is 0.173 e. The molecule has 4 aromatic heterocycles. The molecule has 5 rings (SSSR count). The van der Waals surface area contributed by atoms with E-state index in [1.54, 1.807) is 16.8 Å². The molecule has 23 heavy (non-hydrogen) atoms. The standard InChI is InChI=1S/C17H14FN5/c18-14-6-11(9-23-5-4-19-17(14)23)12-7-21-16-13(12)8-20-15(22-16)10-2-1-3-10/h4-10H,1-3H2,(H,20,21,22). The van der Waals surface area contributed by atoms with Crippen LogP contribution < -0.4 is 0 Å². The van der Waals surface area contributed by atoms with E-state index in [9.17, 15) is 4.39 Å². The molecule has 1 saturated carbocycles. The third-order valence-electron chi connectivity index (χ3n) is 4.67. The van der Waals surface area contributed by atoms with E-state index in [0.29, 0.717) is 11.6 Å². The van der Waals surface area contributed by atoms with Crippen molar-refractivity contribution in [1.29, 1.82) is 0 Å². The highest BCUT2D eigenvalue weighted by Gasteiger charge is 2.23. The first-order valence-electron chi connectivity index (χ1n) is 7.76. The minimum absolute atomic E-state index is 0.331. The summed E-state index contributed by atoms with van der Waals surface area (Å²) in [5.41, 5.74) is 2.81. The number of halogens is 1. The van der Waals surface area contributed by atoms with E-state index in [1.165, 1.54) is 25.3 Å². The van der Waals surface area contributed by atoms with Gasteiger partial charge in [-0.25, -0.2) is 19.3 Å². The molecule has 0 unspecified atom stereocenters. The van der Waals surface area contributed by atoms with Gasteiger partial charge < -0.3 is 9.38 Å². The normalized spacial score (nSPS) is 15.3. The fraction of sp³-hybridized carbons (Fsp3) is 0.235. The van der Waals surface area contributed by atoms with Crippen LogP contribution in [-0.4, -0.2) is 24.3 Å². The summed E-state index contributed by atoms with van der Waals surface area (Å²) in [6.07, 6.45) is 12.5. The number of fused-ring (bicyclic) bond motifs is 2. The Bertz CT molecular complexity index is 1030. The number of aromatic amines is 1. The molecule has 5 nitrogen and oxygen atoms in total. The van der Waals surface area contributed by atoms with Crippen LogP contribution in [0.2, 0.25) is 0 Å². The quantitative estimate of drug-likeness (QED) is 0.614. The summed E-state index contributed by atoms with van der Waals surface area (Å²) in [6.45, 7) is 0. The summed E-state index contributed by atoms with van der Waals surface area (Å²) in [4.78, 5) is 16.4. The van der Waals surface area contributed by atoms with Crippen LogP contribution >= 0.6 is 0 Å². The van der Waals surface area contributed by atoms with Crippen molar-refractivity contribution < 1.29 is 4.39 Å². The fourth-order valence-electron chi connectivity index (χ4n) is 3.16. The summed E-state index contributed by atoms with van der Waals surface area (Å²) in [5.74, 6) is 1.06. The summed E-state index contributed by atoms with van der Waals surface area (Å²) < 4.78 is 15.9. The number of aromatic nitrogens is 5. The number of imidazole rings is 1. The largest absolute Gasteiger partial charge is 0.345 e. The average molecular weight is 307 g/mol. The Morgan fingerprint density at radius 2 is 2.17 bits per heavy atom. The number of nitrogens with one attached hydrogen (secondary N) is 1. The predicted octanol–water partition coefficient (Wildman–Crippen LogP) is 3.68. The summed E-state index contributed by atoms with van der Waals surface area (Å²) in [7, 11) is 0. The molecule has 0 amide bonds. The first-order chi connectivity index (χ1) is 11.3. The van der Waals surface area contributed by atoms with Crippen molar-refractivity contribution in [2.75, 3.05) is 0 Å². The molecule has 1 N–H and O–H groups in total. The van der Waals surface area contributed by atoms with Gasteiger partial charge in [0.1, 0.15) is 11.5 Å². The van der Waals surface area contributed by atoms with Crippen LogP contribution in [0.15, 0.2) is 37.1 Å². The van der Waals surface area contributed by atoms with Gasteiger partial charge in [-0.1, -0.05) is 6.42 Å². The van der Waals surface area contributed by atoms with Crippen LogP contribution in [-0.2, 0) is 0 Å². The van der Waals surface area contributed by atoms with Gasteiger partial charge in [-0.2, -0.15) is 0 Å². The van der Waals surface area contributed by atoms with Gasteiger partial charge in [-0.05, 0) is 18.9 Å². The molecule has 0 saturated heterocycles. The number of pyridine rings is 1. The first-order valence-corrected chi connectivity index (χ1v) is 7.76. The van der Waals surface area contributed by atoms with Gasteiger partial charge in [-0.15, -0.1) is 0 Å². The predicted molar refractivity (Wildman–Crippen MR) is 84.6 cm³/mol. The van der Waals surface area contributed by atoms with Crippen molar-refractivity contribution in [2.24, 2.45) is 0 Å². The second-order valence-corrected chi connectivity index (χ2v) is 6.06. The molecule has 0 atom stereocenters. The molecule has 1 aliphatic carbocycles. The molecular weight excluding hydrogens is 293 g/mol. The van der Waals surface area contributed by atoms with Crippen LogP contribution in [0.1, 0.15) is 31.0 Å². The average Bonchev–Trinajstić information content (AvgIpc) is 3.11. The first kappa shape index (κ1) is 12.8. The molecule has 1 aliphatic rings. The highest BCUT2D eigenvalue weighted by Crippen LogP contribution is 2.35. The Balaban J connectivity index is 1.66. The second kappa shape index (κ2) is 4.62. The third kappa shape index (κ3) is 1.87. The lowest BCUT2D eigenvalue weighted by Gasteiger charge is -2.23. The Morgan fingerprint density at radius 3 is 3.00 bits per heavy atom. The van der Waals surface area contributed by atoms with E-state index < -0.39 is 0 Å². The SMILES string of the molecule is Fc1cc(-c2c[nH]c3nc(C4CCC4)ncc23)cn2ccnc12. The lowest BCUT2D eigenvalue weighted by Crippen LogP contribution is -2.12. The Kier molecular flexibility index (Phi) is 2.56. The molecule has 4 heterocycles. The van der Waals surface area contributed by atoms with Crippen LogP contribution in [0.3, 0.4) is 0 Å². The molecule has 0 radical (unpaired) electrons. The zero-order valence-electron chi connectivity index (χ0n) is 12.3. The van der Waals surface area contributed by atoms with Crippen LogP contribution in [0.4, 0.5) is 4.39 Å². The minimum atomic E-state index is -0.339. The summed E-state index contributed by atoms with van der Waals surface area (Å²) in [6, 6.07) is 1.50. The maximum atomic E-state index is 14.2. The Labute approximate surface area is 131 Å². The van der Waals surface area contributed by atoms with Crippen molar-refractivity contribution >= 4 is 16.7 Å². The lowest BCUT2D eigenvalue weighted by molar-refractivity contribution is 0.402. The van der Waals surface area contributed by atoms with E-state index in [0.717, 1.165) is 28.0 Å². The summed E-state index contributed by atoms with van der Waals surface area (Å²) in [5, 5.41) is 0.909. The number of hydrogen-bond donors (Lipinski definition) is 1. The topological polar surface area (TPSA) is 58.9 Å². The van der Waals surface area contributed by atoms with Crippen molar-refractivity contribution in [3.63, 3.8) is 0 Å². The van der Waals surface area contributed by atoms with E-state index >= 15 is 0 Å².